The second-order valence-corrected chi connectivity index (χ2v) is 3.95. The van der Waals surface area contributed by atoms with Crippen molar-refractivity contribution in [3.63, 3.8) is 0 Å². The molecular formula is C14H20. The van der Waals surface area contributed by atoms with Gasteiger partial charge in [0.05, 0.1) is 0 Å². The van der Waals surface area contributed by atoms with Gasteiger partial charge in [-0.3, -0.25) is 0 Å². The van der Waals surface area contributed by atoms with Crippen LogP contribution in [0, 0.1) is 0 Å². The molecule has 0 aliphatic heterocycles. The minimum absolute atomic E-state index is 0.206. The van der Waals surface area contributed by atoms with E-state index in [2.05, 4.69) is 63.3 Å². The normalized spacial score (nSPS) is 15.6. The van der Waals surface area contributed by atoms with Crippen molar-refractivity contribution < 1.29 is 0 Å². The molecule has 0 spiro atoms. The Morgan fingerprint density at radius 1 is 1.14 bits per heavy atom. The van der Waals surface area contributed by atoms with Crippen LogP contribution in [0.25, 0.3) is 0 Å². The van der Waals surface area contributed by atoms with Crippen LogP contribution < -0.4 is 0 Å². The van der Waals surface area contributed by atoms with Crippen molar-refractivity contribution in [1.82, 2.24) is 0 Å². The van der Waals surface area contributed by atoms with Gasteiger partial charge < -0.3 is 0 Å². The number of rotatable bonds is 4. The minimum Gasteiger partial charge on any atom is -0.0879 e. The number of hydrogen-bond acceptors (Lipinski definition) is 0. The van der Waals surface area contributed by atoms with E-state index < -0.39 is 0 Å². The molecule has 1 aromatic carbocycles. The Bertz CT molecular complexity index is 284. The summed E-state index contributed by atoms with van der Waals surface area (Å²) in [5, 5.41) is 0. The maximum absolute atomic E-state index is 2.34. The molecule has 1 atom stereocenters. The van der Waals surface area contributed by atoms with Gasteiger partial charge in [-0.05, 0) is 18.4 Å². The molecule has 0 radical (unpaired) electrons. The van der Waals surface area contributed by atoms with Gasteiger partial charge >= 0.3 is 0 Å². The highest BCUT2D eigenvalue weighted by Crippen LogP contribution is 2.28. The van der Waals surface area contributed by atoms with Gasteiger partial charge in [-0.1, -0.05) is 63.3 Å². The quantitative estimate of drug-likeness (QED) is 0.617. The van der Waals surface area contributed by atoms with Crippen molar-refractivity contribution in [3.8, 4) is 0 Å². The van der Waals surface area contributed by atoms with Crippen LogP contribution in [0.1, 0.15) is 39.2 Å². The highest BCUT2D eigenvalue weighted by Gasteiger charge is 2.19. The Morgan fingerprint density at radius 2 is 1.79 bits per heavy atom. The lowest BCUT2D eigenvalue weighted by Crippen LogP contribution is -2.17. The van der Waals surface area contributed by atoms with Crippen molar-refractivity contribution in [1.29, 1.82) is 0 Å². The SMILES string of the molecule is CC/C=C/[C@](C)(CC)c1ccccc1. The van der Waals surface area contributed by atoms with Crippen molar-refractivity contribution in [2.75, 3.05) is 0 Å². The summed E-state index contributed by atoms with van der Waals surface area (Å²) in [6.07, 6.45) is 6.86. The zero-order valence-corrected chi connectivity index (χ0v) is 9.46. The van der Waals surface area contributed by atoms with E-state index in [1.165, 1.54) is 5.56 Å². The summed E-state index contributed by atoms with van der Waals surface area (Å²) in [5.74, 6) is 0. The fourth-order valence-corrected chi connectivity index (χ4v) is 1.62. The fraction of sp³-hybridized carbons (Fsp3) is 0.429. The van der Waals surface area contributed by atoms with Crippen molar-refractivity contribution >= 4 is 0 Å². The highest BCUT2D eigenvalue weighted by atomic mass is 14.2. The Hall–Kier alpha value is -1.04. The smallest absolute Gasteiger partial charge is 0.0101 e. The monoisotopic (exact) mass is 188 g/mol. The van der Waals surface area contributed by atoms with Gasteiger partial charge in [-0.15, -0.1) is 0 Å². The third-order valence-electron chi connectivity index (χ3n) is 2.89. The van der Waals surface area contributed by atoms with Crippen LogP contribution in [-0.4, -0.2) is 0 Å². The molecule has 0 fully saturated rings. The molecule has 0 heteroatoms. The predicted octanol–water partition coefficient (Wildman–Crippen LogP) is 4.32. The van der Waals surface area contributed by atoms with E-state index >= 15 is 0 Å². The van der Waals surface area contributed by atoms with E-state index in [0.717, 1.165) is 12.8 Å². The topological polar surface area (TPSA) is 0 Å². The predicted molar refractivity (Wildman–Crippen MR) is 63.5 cm³/mol. The van der Waals surface area contributed by atoms with Gasteiger partial charge in [0.25, 0.3) is 0 Å². The summed E-state index contributed by atoms with van der Waals surface area (Å²) in [4.78, 5) is 0. The zero-order chi connectivity index (χ0) is 10.4. The maximum atomic E-state index is 2.34. The molecule has 0 aromatic heterocycles. The molecule has 76 valence electrons. The van der Waals surface area contributed by atoms with Gasteiger partial charge in [0, 0.05) is 5.41 Å². The van der Waals surface area contributed by atoms with Gasteiger partial charge in [-0.2, -0.15) is 0 Å². The average Bonchev–Trinajstić information content (AvgIpc) is 2.27. The molecule has 1 rings (SSSR count). The van der Waals surface area contributed by atoms with Gasteiger partial charge in [0.15, 0.2) is 0 Å². The van der Waals surface area contributed by atoms with E-state index in [0.29, 0.717) is 0 Å². The first-order valence-corrected chi connectivity index (χ1v) is 5.46. The Balaban J connectivity index is 2.96. The Morgan fingerprint density at radius 3 is 2.29 bits per heavy atom. The van der Waals surface area contributed by atoms with Crippen LogP contribution in [0.5, 0.6) is 0 Å². The van der Waals surface area contributed by atoms with Crippen LogP contribution in [0.15, 0.2) is 42.5 Å². The summed E-state index contributed by atoms with van der Waals surface area (Å²) < 4.78 is 0. The summed E-state index contributed by atoms with van der Waals surface area (Å²) >= 11 is 0. The number of hydrogen-bond donors (Lipinski definition) is 0. The van der Waals surface area contributed by atoms with Crippen molar-refractivity contribution in [2.45, 2.75) is 39.0 Å². The number of benzene rings is 1. The Labute approximate surface area is 87.7 Å². The molecule has 0 saturated carbocycles. The molecule has 0 saturated heterocycles. The molecule has 0 heterocycles. The van der Waals surface area contributed by atoms with Gasteiger partial charge in [0.1, 0.15) is 0 Å². The molecule has 0 nitrogen and oxygen atoms in total. The van der Waals surface area contributed by atoms with E-state index in [-0.39, 0.29) is 5.41 Å². The van der Waals surface area contributed by atoms with E-state index in [9.17, 15) is 0 Å². The van der Waals surface area contributed by atoms with Crippen LogP contribution >= 0.6 is 0 Å². The second-order valence-electron chi connectivity index (χ2n) is 3.95. The summed E-state index contributed by atoms with van der Waals surface area (Å²) in [5.41, 5.74) is 1.62. The lowest BCUT2D eigenvalue weighted by Gasteiger charge is -2.25. The lowest BCUT2D eigenvalue weighted by molar-refractivity contribution is 0.571. The maximum Gasteiger partial charge on any atom is 0.0101 e. The molecule has 0 aliphatic carbocycles. The molecule has 0 amide bonds. The van der Waals surface area contributed by atoms with Crippen LogP contribution in [-0.2, 0) is 5.41 Å². The summed E-state index contributed by atoms with van der Waals surface area (Å²) in [6, 6.07) is 10.7. The third kappa shape index (κ3) is 2.47. The van der Waals surface area contributed by atoms with Crippen molar-refractivity contribution in [3.05, 3.63) is 48.0 Å². The summed E-state index contributed by atoms with van der Waals surface area (Å²) in [6.45, 7) is 6.72. The molecule has 0 aliphatic rings. The fourth-order valence-electron chi connectivity index (χ4n) is 1.62. The molecule has 0 N–H and O–H groups in total. The van der Waals surface area contributed by atoms with Crippen molar-refractivity contribution in [2.24, 2.45) is 0 Å². The molecule has 0 unspecified atom stereocenters. The summed E-state index contributed by atoms with van der Waals surface area (Å²) in [7, 11) is 0. The van der Waals surface area contributed by atoms with Gasteiger partial charge in [0.2, 0.25) is 0 Å². The van der Waals surface area contributed by atoms with Crippen LogP contribution in [0.2, 0.25) is 0 Å². The van der Waals surface area contributed by atoms with E-state index in [4.69, 9.17) is 0 Å². The largest absolute Gasteiger partial charge is 0.0879 e. The minimum atomic E-state index is 0.206. The number of allylic oxidation sites excluding steroid dienone is 2. The first-order chi connectivity index (χ1) is 6.73. The second kappa shape index (κ2) is 4.99. The van der Waals surface area contributed by atoms with E-state index in [1.807, 2.05) is 0 Å². The molecule has 0 bridgehead atoms. The van der Waals surface area contributed by atoms with Gasteiger partial charge in [-0.25, -0.2) is 0 Å². The third-order valence-corrected chi connectivity index (χ3v) is 2.89. The molecule has 1 aromatic rings. The zero-order valence-electron chi connectivity index (χ0n) is 9.46. The first kappa shape index (κ1) is 11.0. The first-order valence-electron chi connectivity index (χ1n) is 5.46. The van der Waals surface area contributed by atoms with E-state index in [1.54, 1.807) is 0 Å². The Kier molecular flexibility index (Phi) is 3.94. The standard InChI is InChI=1S/C14H20/c1-4-6-12-14(3,5-2)13-10-8-7-9-11-13/h6-12H,4-5H2,1-3H3/b12-6+/t14-/m0/s1. The molecular weight excluding hydrogens is 168 g/mol. The lowest BCUT2D eigenvalue weighted by atomic mass is 9.80. The van der Waals surface area contributed by atoms with Crippen LogP contribution in [0.4, 0.5) is 0 Å². The van der Waals surface area contributed by atoms with Crippen LogP contribution in [0.3, 0.4) is 0 Å². The highest BCUT2D eigenvalue weighted by molar-refractivity contribution is 5.29. The average molecular weight is 188 g/mol. The molecule has 14 heavy (non-hydrogen) atoms.